The maximum Gasteiger partial charge on any atom is 0.220 e. The third kappa shape index (κ3) is 4.81. The standard InChI is InChI=1S/C17H24FNO2/c1-17(2,13-5-3-6-14(18)11-13)12-19-16(20)9-8-15-7-4-10-21-15/h3,5-6,11,15H,4,7-10,12H2,1-2H3,(H,19,20)/t15-/m0/s1. The van der Waals surface area contributed by atoms with Crippen LogP contribution >= 0.6 is 0 Å². The van der Waals surface area contributed by atoms with Crippen molar-refractivity contribution in [2.24, 2.45) is 0 Å². The minimum Gasteiger partial charge on any atom is -0.378 e. The first-order valence-corrected chi connectivity index (χ1v) is 7.62. The van der Waals surface area contributed by atoms with Crippen molar-refractivity contribution < 1.29 is 13.9 Å². The van der Waals surface area contributed by atoms with Crippen LogP contribution in [0.4, 0.5) is 4.39 Å². The van der Waals surface area contributed by atoms with Crippen LogP contribution in [0.15, 0.2) is 24.3 Å². The summed E-state index contributed by atoms with van der Waals surface area (Å²) in [7, 11) is 0. The third-order valence-corrected chi connectivity index (χ3v) is 4.05. The van der Waals surface area contributed by atoms with Crippen molar-refractivity contribution in [3.8, 4) is 0 Å². The number of hydrogen-bond acceptors (Lipinski definition) is 2. The maximum absolute atomic E-state index is 13.3. The molecule has 116 valence electrons. The fourth-order valence-corrected chi connectivity index (χ4v) is 2.58. The van der Waals surface area contributed by atoms with E-state index in [2.05, 4.69) is 5.32 Å². The summed E-state index contributed by atoms with van der Waals surface area (Å²) in [4.78, 5) is 11.9. The number of rotatable bonds is 6. The molecule has 0 aromatic heterocycles. The lowest BCUT2D eigenvalue weighted by Crippen LogP contribution is -2.36. The lowest BCUT2D eigenvalue weighted by molar-refractivity contribution is -0.121. The number of hydrogen-bond donors (Lipinski definition) is 1. The van der Waals surface area contributed by atoms with Crippen molar-refractivity contribution in [1.82, 2.24) is 5.32 Å². The van der Waals surface area contributed by atoms with E-state index in [0.717, 1.165) is 31.4 Å². The van der Waals surface area contributed by atoms with E-state index in [1.165, 1.54) is 12.1 Å². The topological polar surface area (TPSA) is 38.3 Å². The van der Waals surface area contributed by atoms with Crippen molar-refractivity contribution in [2.45, 2.75) is 51.0 Å². The minimum atomic E-state index is -0.290. The van der Waals surface area contributed by atoms with Crippen LogP contribution < -0.4 is 5.32 Å². The Bertz CT molecular complexity index is 481. The van der Waals surface area contributed by atoms with E-state index in [-0.39, 0.29) is 23.2 Å². The third-order valence-electron chi connectivity index (χ3n) is 4.05. The smallest absolute Gasteiger partial charge is 0.220 e. The number of amides is 1. The van der Waals surface area contributed by atoms with Gasteiger partial charge in [-0.3, -0.25) is 4.79 Å². The van der Waals surface area contributed by atoms with E-state index < -0.39 is 0 Å². The highest BCUT2D eigenvalue weighted by molar-refractivity contribution is 5.76. The van der Waals surface area contributed by atoms with Crippen LogP contribution in [0.3, 0.4) is 0 Å². The van der Waals surface area contributed by atoms with E-state index in [1.807, 2.05) is 19.9 Å². The summed E-state index contributed by atoms with van der Waals surface area (Å²) < 4.78 is 18.8. The van der Waals surface area contributed by atoms with Gasteiger partial charge in [-0.1, -0.05) is 26.0 Å². The summed E-state index contributed by atoms with van der Waals surface area (Å²) in [5.41, 5.74) is 0.601. The van der Waals surface area contributed by atoms with E-state index in [9.17, 15) is 9.18 Å². The van der Waals surface area contributed by atoms with Gasteiger partial charge in [0.25, 0.3) is 0 Å². The van der Waals surface area contributed by atoms with Crippen LogP contribution in [0.2, 0.25) is 0 Å². The normalized spacial score (nSPS) is 18.7. The first kappa shape index (κ1) is 16.0. The van der Waals surface area contributed by atoms with E-state index in [4.69, 9.17) is 4.74 Å². The molecule has 1 aromatic carbocycles. The molecular weight excluding hydrogens is 269 g/mol. The Morgan fingerprint density at radius 1 is 1.48 bits per heavy atom. The molecule has 0 unspecified atom stereocenters. The Balaban J connectivity index is 1.79. The number of carbonyl (C=O) groups is 1. The van der Waals surface area contributed by atoms with Crippen LogP contribution in [-0.2, 0) is 14.9 Å². The van der Waals surface area contributed by atoms with Gasteiger partial charge in [0.05, 0.1) is 6.10 Å². The lowest BCUT2D eigenvalue weighted by atomic mass is 9.84. The molecule has 1 aromatic rings. The van der Waals surface area contributed by atoms with Gasteiger partial charge in [-0.25, -0.2) is 4.39 Å². The second-order valence-corrected chi connectivity index (χ2v) is 6.34. The molecular formula is C17H24FNO2. The largest absolute Gasteiger partial charge is 0.378 e. The van der Waals surface area contributed by atoms with Crippen molar-refractivity contribution in [3.63, 3.8) is 0 Å². The zero-order valence-corrected chi connectivity index (χ0v) is 12.8. The van der Waals surface area contributed by atoms with E-state index in [1.54, 1.807) is 6.07 Å². The van der Waals surface area contributed by atoms with Gasteiger partial charge < -0.3 is 10.1 Å². The zero-order valence-electron chi connectivity index (χ0n) is 12.8. The Kier molecular flexibility index (Phi) is 5.34. The molecule has 0 aliphatic carbocycles. The van der Waals surface area contributed by atoms with Gasteiger partial charge in [-0.15, -0.1) is 0 Å². The quantitative estimate of drug-likeness (QED) is 0.875. The average Bonchev–Trinajstić information content (AvgIpc) is 2.96. The molecule has 1 heterocycles. The summed E-state index contributed by atoms with van der Waals surface area (Å²) in [6, 6.07) is 6.55. The number of halogens is 1. The van der Waals surface area contributed by atoms with Crippen LogP contribution in [-0.4, -0.2) is 25.2 Å². The van der Waals surface area contributed by atoms with Gasteiger partial charge in [-0.2, -0.15) is 0 Å². The first-order chi connectivity index (χ1) is 9.97. The van der Waals surface area contributed by atoms with Crippen molar-refractivity contribution in [2.75, 3.05) is 13.2 Å². The molecule has 1 amide bonds. The van der Waals surface area contributed by atoms with Crippen LogP contribution in [0, 0.1) is 5.82 Å². The predicted molar refractivity (Wildman–Crippen MR) is 80.6 cm³/mol. The summed E-state index contributed by atoms with van der Waals surface area (Å²) in [6.45, 7) is 5.32. The van der Waals surface area contributed by atoms with Crippen LogP contribution in [0.5, 0.6) is 0 Å². The Morgan fingerprint density at radius 3 is 2.95 bits per heavy atom. The molecule has 4 heteroatoms. The minimum absolute atomic E-state index is 0.0370. The summed E-state index contributed by atoms with van der Waals surface area (Å²) in [5, 5.41) is 2.95. The first-order valence-electron chi connectivity index (χ1n) is 7.62. The Labute approximate surface area is 125 Å². The number of carbonyl (C=O) groups excluding carboxylic acids is 1. The number of ether oxygens (including phenoxy) is 1. The molecule has 0 spiro atoms. The van der Waals surface area contributed by atoms with Crippen molar-refractivity contribution in [3.05, 3.63) is 35.6 Å². The SMILES string of the molecule is CC(C)(CNC(=O)CC[C@@H]1CCCO1)c1cccc(F)c1. The van der Waals surface area contributed by atoms with E-state index in [0.29, 0.717) is 13.0 Å². The second kappa shape index (κ2) is 7.03. The monoisotopic (exact) mass is 293 g/mol. The Morgan fingerprint density at radius 2 is 2.29 bits per heavy atom. The van der Waals surface area contributed by atoms with Gasteiger partial charge in [0.2, 0.25) is 5.91 Å². The van der Waals surface area contributed by atoms with Gasteiger partial charge in [-0.05, 0) is 37.0 Å². The molecule has 21 heavy (non-hydrogen) atoms. The molecule has 1 aliphatic heterocycles. The van der Waals surface area contributed by atoms with E-state index >= 15 is 0 Å². The molecule has 0 saturated carbocycles. The summed E-state index contributed by atoms with van der Waals surface area (Å²) in [5.74, 6) is -0.208. The highest BCUT2D eigenvalue weighted by Gasteiger charge is 2.22. The van der Waals surface area contributed by atoms with Gasteiger partial charge in [0, 0.05) is 25.0 Å². The van der Waals surface area contributed by atoms with Crippen LogP contribution in [0.1, 0.15) is 45.1 Å². The fraction of sp³-hybridized carbons (Fsp3) is 0.588. The summed E-state index contributed by atoms with van der Waals surface area (Å²) >= 11 is 0. The predicted octanol–water partition coefficient (Wildman–Crippen LogP) is 3.18. The summed E-state index contributed by atoms with van der Waals surface area (Å²) in [6.07, 6.45) is 3.67. The van der Waals surface area contributed by atoms with Crippen LogP contribution in [0.25, 0.3) is 0 Å². The molecule has 2 rings (SSSR count). The molecule has 0 radical (unpaired) electrons. The Hall–Kier alpha value is -1.42. The lowest BCUT2D eigenvalue weighted by Gasteiger charge is -2.25. The average molecular weight is 293 g/mol. The van der Waals surface area contributed by atoms with Gasteiger partial charge in [0.15, 0.2) is 0 Å². The van der Waals surface area contributed by atoms with Gasteiger partial charge in [0.1, 0.15) is 5.82 Å². The second-order valence-electron chi connectivity index (χ2n) is 6.34. The molecule has 1 N–H and O–H groups in total. The molecule has 3 nitrogen and oxygen atoms in total. The highest BCUT2D eigenvalue weighted by atomic mass is 19.1. The molecule has 0 bridgehead atoms. The molecule has 1 saturated heterocycles. The number of nitrogens with one attached hydrogen (secondary N) is 1. The fourth-order valence-electron chi connectivity index (χ4n) is 2.58. The molecule has 1 aliphatic rings. The maximum atomic E-state index is 13.3. The number of benzene rings is 1. The van der Waals surface area contributed by atoms with Crippen molar-refractivity contribution >= 4 is 5.91 Å². The molecule has 1 atom stereocenters. The molecule has 1 fully saturated rings. The zero-order chi connectivity index (χ0) is 15.3. The van der Waals surface area contributed by atoms with Crippen molar-refractivity contribution in [1.29, 1.82) is 0 Å². The highest BCUT2D eigenvalue weighted by Crippen LogP contribution is 2.23. The van der Waals surface area contributed by atoms with Gasteiger partial charge >= 0.3 is 0 Å².